The number of nitrogens with zero attached hydrogens (tertiary/aromatic N) is 1. The van der Waals surface area contributed by atoms with Crippen LogP contribution in [0, 0.1) is 0 Å². The number of benzene rings is 2. The highest BCUT2D eigenvalue weighted by Crippen LogP contribution is 2.33. The number of hydrogen-bond acceptors (Lipinski definition) is 5. The lowest BCUT2D eigenvalue weighted by Gasteiger charge is -2.17. The number of hydrogen-bond donors (Lipinski definition) is 1. The summed E-state index contributed by atoms with van der Waals surface area (Å²) >= 11 is 18.7. The SMILES string of the molecule is COc1ccc(C=C2SC(=S)N(CNc3cc(Cl)ccc3Cl)C2=O)cc1. The summed E-state index contributed by atoms with van der Waals surface area (Å²) in [5.74, 6) is 0.610. The molecule has 0 aliphatic carbocycles. The zero-order chi connectivity index (χ0) is 18.7. The fourth-order valence-corrected chi connectivity index (χ4v) is 3.90. The average Bonchev–Trinajstić information content (AvgIpc) is 2.90. The standard InChI is InChI=1S/C18H14Cl2N2O2S2/c1-24-13-5-2-11(3-6-13)8-16-17(23)22(18(25)26-16)10-21-15-9-12(19)4-7-14(15)20/h2-9,21H,10H2,1H3. The second-order valence-electron chi connectivity index (χ2n) is 5.34. The maximum atomic E-state index is 12.6. The molecule has 2 aromatic rings. The van der Waals surface area contributed by atoms with Gasteiger partial charge in [-0.15, -0.1) is 0 Å². The molecule has 2 aromatic carbocycles. The summed E-state index contributed by atoms with van der Waals surface area (Å²) < 4.78 is 5.62. The molecule has 1 heterocycles. The van der Waals surface area contributed by atoms with Crippen LogP contribution in [0.2, 0.25) is 10.0 Å². The summed E-state index contributed by atoms with van der Waals surface area (Å²) in [5.41, 5.74) is 1.55. The molecule has 1 aliphatic rings. The number of carbonyl (C=O) groups is 1. The van der Waals surface area contributed by atoms with Gasteiger partial charge in [0.1, 0.15) is 10.1 Å². The molecule has 1 aliphatic heterocycles. The molecule has 8 heteroatoms. The highest BCUT2D eigenvalue weighted by molar-refractivity contribution is 8.26. The number of carbonyl (C=O) groups excluding carboxylic acids is 1. The van der Waals surface area contributed by atoms with Crippen molar-refractivity contribution in [3.05, 3.63) is 63.0 Å². The third-order valence-electron chi connectivity index (χ3n) is 3.64. The maximum Gasteiger partial charge on any atom is 0.267 e. The predicted molar refractivity (Wildman–Crippen MR) is 113 cm³/mol. The van der Waals surface area contributed by atoms with E-state index in [1.807, 2.05) is 30.3 Å². The Morgan fingerprint density at radius 3 is 2.65 bits per heavy atom. The Bertz CT molecular complexity index is 885. The summed E-state index contributed by atoms with van der Waals surface area (Å²) in [6.07, 6.45) is 1.81. The second kappa shape index (κ2) is 8.31. The number of thioether (sulfide) groups is 1. The van der Waals surface area contributed by atoms with Gasteiger partial charge in [0, 0.05) is 5.02 Å². The zero-order valence-corrected chi connectivity index (χ0v) is 16.8. The van der Waals surface area contributed by atoms with Gasteiger partial charge in [0.15, 0.2) is 0 Å². The van der Waals surface area contributed by atoms with Crippen molar-refractivity contribution in [1.29, 1.82) is 0 Å². The van der Waals surface area contributed by atoms with E-state index in [2.05, 4.69) is 5.32 Å². The first-order valence-electron chi connectivity index (χ1n) is 7.56. The molecule has 0 bridgehead atoms. The van der Waals surface area contributed by atoms with E-state index < -0.39 is 0 Å². The van der Waals surface area contributed by atoms with Crippen molar-refractivity contribution in [3.8, 4) is 5.75 Å². The van der Waals surface area contributed by atoms with E-state index in [9.17, 15) is 4.79 Å². The lowest BCUT2D eigenvalue weighted by atomic mass is 10.2. The Balaban J connectivity index is 1.72. The van der Waals surface area contributed by atoms with Crippen molar-refractivity contribution >= 4 is 69.2 Å². The molecule has 4 nitrogen and oxygen atoms in total. The summed E-state index contributed by atoms with van der Waals surface area (Å²) in [6, 6.07) is 12.6. The van der Waals surface area contributed by atoms with Crippen LogP contribution >= 0.6 is 47.2 Å². The van der Waals surface area contributed by atoms with Crippen LogP contribution in [0.1, 0.15) is 5.56 Å². The van der Waals surface area contributed by atoms with Crippen LogP contribution in [0.5, 0.6) is 5.75 Å². The summed E-state index contributed by atoms with van der Waals surface area (Å²) in [4.78, 5) is 14.7. The summed E-state index contributed by atoms with van der Waals surface area (Å²) in [6.45, 7) is 0.213. The Morgan fingerprint density at radius 1 is 1.23 bits per heavy atom. The molecule has 1 fully saturated rings. The minimum Gasteiger partial charge on any atom is -0.497 e. The van der Waals surface area contributed by atoms with Crippen molar-refractivity contribution in [2.75, 3.05) is 19.1 Å². The predicted octanol–water partition coefficient (Wildman–Crippen LogP) is 5.27. The highest BCUT2D eigenvalue weighted by Gasteiger charge is 2.31. The van der Waals surface area contributed by atoms with Crippen molar-refractivity contribution in [3.63, 3.8) is 0 Å². The van der Waals surface area contributed by atoms with E-state index in [1.165, 1.54) is 16.7 Å². The van der Waals surface area contributed by atoms with Gasteiger partial charge < -0.3 is 10.1 Å². The van der Waals surface area contributed by atoms with Crippen LogP contribution < -0.4 is 10.1 Å². The lowest BCUT2D eigenvalue weighted by Crippen LogP contribution is -2.33. The van der Waals surface area contributed by atoms with Gasteiger partial charge in [-0.2, -0.15) is 0 Å². The molecule has 0 radical (unpaired) electrons. The number of anilines is 1. The van der Waals surface area contributed by atoms with E-state index in [0.29, 0.717) is 25.0 Å². The smallest absolute Gasteiger partial charge is 0.267 e. The van der Waals surface area contributed by atoms with Crippen molar-refractivity contribution in [2.24, 2.45) is 0 Å². The number of ether oxygens (including phenoxy) is 1. The molecule has 0 spiro atoms. The van der Waals surface area contributed by atoms with Crippen molar-refractivity contribution in [2.45, 2.75) is 0 Å². The number of halogens is 2. The first-order valence-corrected chi connectivity index (χ1v) is 9.54. The molecular formula is C18H14Cl2N2O2S2. The van der Waals surface area contributed by atoms with E-state index in [0.717, 1.165) is 11.3 Å². The number of rotatable bonds is 5. The maximum absolute atomic E-state index is 12.6. The lowest BCUT2D eigenvalue weighted by molar-refractivity contribution is -0.121. The molecule has 26 heavy (non-hydrogen) atoms. The number of methoxy groups -OCH3 is 1. The van der Waals surface area contributed by atoms with Gasteiger partial charge in [0.2, 0.25) is 0 Å². The fourth-order valence-electron chi connectivity index (χ4n) is 2.29. The Morgan fingerprint density at radius 2 is 1.96 bits per heavy atom. The van der Waals surface area contributed by atoms with Crippen LogP contribution in [-0.2, 0) is 4.79 Å². The molecule has 0 aromatic heterocycles. The quantitative estimate of drug-likeness (QED) is 0.522. The third kappa shape index (κ3) is 4.32. The second-order valence-corrected chi connectivity index (χ2v) is 7.86. The fraction of sp³-hybridized carbons (Fsp3) is 0.111. The molecule has 1 amide bonds. The molecule has 134 valence electrons. The molecule has 0 saturated carbocycles. The van der Waals surface area contributed by atoms with Crippen LogP contribution in [0.15, 0.2) is 47.4 Å². The van der Waals surface area contributed by atoms with Crippen LogP contribution in [0.25, 0.3) is 6.08 Å². The largest absolute Gasteiger partial charge is 0.497 e. The normalized spacial score (nSPS) is 15.7. The Hall–Kier alpha value is -1.73. The Labute approximate surface area is 171 Å². The molecule has 3 rings (SSSR count). The first kappa shape index (κ1) is 19.0. The molecule has 0 atom stereocenters. The molecule has 1 saturated heterocycles. The summed E-state index contributed by atoms with van der Waals surface area (Å²) in [5, 5.41) is 4.18. The van der Waals surface area contributed by atoms with E-state index in [4.69, 9.17) is 40.2 Å². The van der Waals surface area contributed by atoms with Crippen LogP contribution in [0.3, 0.4) is 0 Å². The van der Waals surface area contributed by atoms with Crippen molar-refractivity contribution < 1.29 is 9.53 Å². The highest BCUT2D eigenvalue weighted by atomic mass is 35.5. The monoisotopic (exact) mass is 424 g/mol. The molecule has 1 N–H and O–H groups in total. The summed E-state index contributed by atoms with van der Waals surface area (Å²) in [7, 11) is 1.61. The van der Waals surface area contributed by atoms with E-state index in [1.54, 1.807) is 25.3 Å². The van der Waals surface area contributed by atoms with Gasteiger partial charge in [-0.1, -0.05) is 59.3 Å². The van der Waals surface area contributed by atoms with Gasteiger partial charge >= 0.3 is 0 Å². The molecular weight excluding hydrogens is 411 g/mol. The first-order chi connectivity index (χ1) is 12.5. The number of amides is 1. The van der Waals surface area contributed by atoms with E-state index in [-0.39, 0.29) is 12.6 Å². The number of nitrogens with one attached hydrogen (secondary N) is 1. The van der Waals surface area contributed by atoms with E-state index >= 15 is 0 Å². The molecule has 0 unspecified atom stereocenters. The van der Waals surface area contributed by atoms with Gasteiger partial charge in [0.25, 0.3) is 5.91 Å². The van der Waals surface area contributed by atoms with Crippen molar-refractivity contribution in [1.82, 2.24) is 4.90 Å². The average molecular weight is 425 g/mol. The van der Waals surface area contributed by atoms with Gasteiger partial charge in [-0.3, -0.25) is 9.69 Å². The zero-order valence-electron chi connectivity index (χ0n) is 13.7. The number of thiocarbonyl (C=S) groups is 1. The van der Waals surface area contributed by atoms with Crippen LogP contribution in [-0.4, -0.2) is 28.9 Å². The van der Waals surface area contributed by atoms with Gasteiger partial charge in [-0.05, 0) is 42.0 Å². The van der Waals surface area contributed by atoms with Gasteiger partial charge in [-0.25, -0.2) is 0 Å². The minimum atomic E-state index is -0.151. The van der Waals surface area contributed by atoms with Crippen LogP contribution in [0.4, 0.5) is 5.69 Å². The van der Waals surface area contributed by atoms with Gasteiger partial charge in [0.05, 0.1) is 29.4 Å². The topological polar surface area (TPSA) is 41.6 Å². The minimum absolute atomic E-state index is 0.151. The Kier molecular flexibility index (Phi) is 6.09. The third-order valence-corrected chi connectivity index (χ3v) is 5.59.